The molecule has 0 saturated heterocycles. The third-order valence-electron chi connectivity index (χ3n) is 1.97. The van der Waals surface area contributed by atoms with Crippen LogP contribution in [-0.2, 0) is 14.3 Å². The van der Waals surface area contributed by atoms with Gasteiger partial charge in [-0.2, -0.15) is 0 Å². The summed E-state index contributed by atoms with van der Waals surface area (Å²) in [6.45, 7) is 11.8. The van der Waals surface area contributed by atoms with Crippen LogP contribution in [0.15, 0.2) is 68.2 Å². The maximum Gasteiger partial charge on any atom is 0.330 e. The zero-order chi connectivity index (χ0) is 16.1. The van der Waals surface area contributed by atoms with Crippen molar-refractivity contribution in [3.05, 3.63) is 68.2 Å². The first-order chi connectivity index (χ1) is 10.0. The van der Waals surface area contributed by atoms with E-state index in [-0.39, 0.29) is 12.2 Å². The zero-order valence-electron chi connectivity index (χ0n) is 12.0. The van der Waals surface area contributed by atoms with E-state index < -0.39 is 12.3 Å². The quantitative estimate of drug-likeness (QED) is 0.452. The number of carboxylic acid groups (broad SMARTS) is 1. The molecule has 1 rings (SSSR count). The second-order valence-electron chi connectivity index (χ2n) is 3.75. The highest BCUT2D eigenvalue weighted by molar-refractivity contribution is 5.84. The summed E-state index contributed by atoms with van der Waals surface area (Å²) in [6, 6.07) is 9.36. The summed E-state index contributed by atoms with van der Waals surface area (Å²) in [6.07, 6.45) is 2.15. The largest absolute Gasteiger partial charge is 0.494 e. The van der Waals surface area contributed by atoms with Crippen LogP contribution in [0, 0.1) is 0 Å². The van der Waals surface area contributed by atoms with Gasteiger partial charge >= 0.3 is 5.97 Å². The normalized spacial score (nSPS) is 10.1. The molecule has 1 N–H and O–H groups in total. The fraction of sp³-hybridized carbons (Fsp3) is 0.188. The number of ether oxygens (including phenoxy) is 3. The predicted octanol–water partition coefficient (Wildman–Crippen LogP) is 3.36. The van der Waals surface area contributed by atoms with Crippen LogP contribution >= 0.6 is 0 Å². The van der Waals surface area contributed by atoms with Gasteiger partial charge in [-0.05, 0) is 19.1 Å². The van der Waals surface area contributed by atoms with Crippen molar-refractivity contribution in [1.82, 2.24) is 0 Å². The van der Waals surface area contributed by atoms with Crippen molar-refractivity contribution in [2.45, 2.75) is 13.2 Å². The fourth-order valence-electron chi connectivity index (χ4n) is 1.01. The summed E-state index contributed by atoms with van der Waals surface area (Å²) in [5.74, 6) is -0.216. The molecule has 0 aliphatic heterocycles. The molecule has 0 heterocycles. The number of hydrogen-bond acceptors (Lipinski definition) is 4. The highest BCUT2D eigenvalue weighted by Crippen LogP contribution is 2.11. The summed E-state index contributed by atoms with van der Waals surface area (Å²) in [7, 11) is 0. The monoisotopic (exact) mass is 292 g/mol. The minimum absolute atomic E-state index is 0.176. The lowest BCUT2D eigenvalue weighted by molar-refractivity contribution is -0.132. The van der Waals surface area contributed by atoms with Gasteiger partial charge in [0.2, 0.25) is 0 Å². The van der Waals surface area contributed by atoms with Crippen molar-refractivity contribution < 1.29 is 24.1 Å². The first-order valence-corrected chi connectivity index (χ1v) is 6.10. The number of carbonyl (C=O) groups is 1. The van der Waals surface area contributed by atoms with Crippen molar-refractivity contribution in [3.63, 3.8) is 0 Å². The predicted molar refractivity (Wildman–Crippen MR) is 80.7 cm³/mol. The molecule has 0 saturated carbocycles. The zero-order valence-corrected chi connectivity index (χ0v) is 12.0. The molecule has 0 spiro atoms. The van der Waals surface area contributed by atoms with Gasteiger partial charge in [0.05, 0.1) is 12.5 Å². The Balaban J connectivity index is 0.000000567. The molecule has 0 aliphatic carbocycles. The van der Waals surface area contributed by atoms with E-state index >= 15 is 0 Å². The van der Waals surface area contributed by atoms with Gasteiger partial charge in [-0.3, -0.25) is 0 Å². The summed E-state index contributed by atoms with van der Waals surface area (Å²) >= 11 is 0. The third-order valence-corrected chi connectivity index (χ3v) is 1.97. The molecule has 0 bridgehead atoms. The molecule has 5 nitrogen and oxygen atoms in total. The molecular weight excluding hydrogens is 272 g/mol. The summed E-state index contributed by atoms with van der Waals surface area (Å²) < 4.78 is 15.6. The van der Waals surface area contributed by atoms with Gasteiger partial charge in [0.15, 0.2) is 6.61 Å². The van der Waals surface area contributed by atoms with Crippen molar-refractivity contribution >= 4 is 5.97 Å². The molecule has 1 unspecified atom stereocenters. The Morgan fingerprint density at radius 3 is 2.29 bits per heavy atom. The van der Waals surface area contributed by atoms with Crippen LogP contribution in [0.2, 0.25) is 0 Å². The Kier molecular flexibility index (Phi) is 9.73. The standard InChI is InChI=1S/C12H14O3.C4H6O2/c1-3-13-10-12(14-4-2)15-11-8-6-5-7-9-11;1-3(2)4(5)6/h3-9,12H,1-2,10H2;1H2,2H3,(H,5,6). The van der Waals surface area contributed by atoms with E-state index in [1.54, 1.807) is 0 Å². The van der Waals surface area contributed by atoms with E-state index in [2.05, 4.69) is 19.7 Å². The Hall–Kier alpha value is -2.69. The van der Waals surface area contributed by atoms with Crippen LogP contribution in [0.5, 0.6) is 5.75 Å². The Morgan fingerprint density at radius 2 is 1.86 bits per heavy atom. The highest BCUT2D eigenvalue weighted by atomic mass is 16.7. The first kappa shape index (κ1) is 18.3. The lowest BCUT2D eigenvalue weighted by Crippen LogP contribution is -2.23. The van der Waals surface area contributed by atoms with Gasteiger partial charge < -0.3 is 19.3 Å². The molecule has 1 aromatic carbocycles. The minimum Gasteiger partial charge on any atom is -0.494 e. The van der Waals surface area contributed by atoms with Crippen LogP contribution in [0.3, 0.4) is 0 Å². The molecule has 114 valence electrons. The average Bonchev–Trinajstić information content (AvgIpc) is 2.46. The summed E-state index contributed by atoms with van der Waals surface area (Å²) in [5.41, 5.74) is 0.176. The van der Waals surface area contributed by atoms with Gasteiger partial charge in [0.1, 0.15) is 5.75 Å². The third kappa shape index (κ3) is 9.84. The maximum absolute atomic E-state index is 9.60. The van der Waals surface area contributed by atoms with Gasteiger partial charge in [-0.1, -0.05) is 37.9 Å². The molecule has 5 heteroatoms. The van der Waals surface area contributed by atoms with Gasteiger partial charge in [0.25, 0.3) is 6.29 Å². The second kappa shape index (κ2) is 11.2. The molecule has 0 amide bonds. The summed E-state index contributed by atoms with van der Waals surface area (Å²) in [5, 5.41) is 7.89. The van der Waals surface area contributed by atoms with E-state index in [1.165, 1.54) is 19.4 Å². The molecule has 1 aromatic rings. The molecule has 0 aromatic heterocycles. The first-order valence-electron chi connectivity index (χ1n) is 6.10. The smallest absolute Gasteiger partial charge is 0.330 e. The number of hydrogen-bond donors (Lipinski definition) is 1. The molecule has 0 radical (unpaired) electrons. The van der Waals surface area contributed by atoms with E-state index in [9.17, 15) is 4.79 Å². The van der Waals surface area contributed by atoms with Gasteiger partial charge in [0, 0.05) is 5.57 Å². The number of aliphatic carboxylic acids is 1. The molecule has 0 aliphatic rings. The van der Waals surface area contributed by atoms with Gasteiger partial charge in [-0.15, -0.1) is 0 Å². The number of carboxylic acids is 1. The Morgan fingerprint density at radius 1 is 1.29 bits per heavy atom. The van der Waals surface area contributed by atoms with Crippen molar-refractivity contribution in [1.29, 1.82) is 0 Å². The second-order valence-corrected chi connectivity index (χ2v) is 3.75. The maximum atomic E-state index is 9.60. The van der Waals surface area contributed by atoms with E-state index in [0.717, 1.165) is 5.75 Å². The van der Waals surface area contributed by atoms with E-state index in [0.29, 0.717) is 0 Å². The topological polar surface area (TPSA) is 65.0 Å². The lowest BCUT2D eigenvalue weighted by atomic mass is 10.3. The number of para-hydroxylation sites is 1. The fourth-order valence-corrected chi connectivity index (χ4v) is 1.01. The highest BCUT2D eigenvalue weighted by Gasteiger charge is 2.09. The molecule has 21 heavy (non-hydrogen) atoms. The molecule has 0 fully saturated rings. The molecular formula is C16H20O5. The minimum atomic E-state index is -0.935. The van der Waals surface area contributed by atoms with Gasteiger partial charge in [-0.25, -0.2) is 4.79 Å². The van der Waals surface area contributed by atoms with Crippen molar-refractivity contribution in [2.75, 3.05) is 6.61 Å². The summed E-state index contributed by atoms with van der Waals surface area (Å²) in [4.78, 5) is 9.60. The van der Waals surface area contributed by atoms with E-state index in [4.69, 9.17) is 19.3 Å². The van der Waals surface area contributed by atoms with Crippen LogP contribution in [0.1, 0.15) is 6.92 Å². The van der Waals surface area contributed by atoms with Crippen LogP contribution in [-0.4, -0.2) is 24.0 Å². The lowest BCUT2D eigenvalue weighted by Gasteiger charge is -2.17. The van der Waals surface area contributed by atoms with Crippen LogP contribution in [0.25, 0.3) is 0 Å². The SMILES string of the molecule is C=C(C)C(=O)O.C=COCC(OC=C)Oc1ccccc1. The molecule has 1 atom stereocenters. The number of rotatable bonds is 8. The number of benzene rings is 1. The van der Waals surface area contributed by atoms with E-state index in [1.807, 2.05) is 30.3 Å². The van der Waals surface area contributed by atoms with Crippen molar-refractivity contribution in [3.8, 4) is 5.75 Å². The Bertz CT molecular complexity index is 441. The average molecular weight is 292 g/mol. The van der Waals surface area contributed by atoms with Crippen LogP contribution in [0.4, 0.5) is 0 Å². The van der Waals surface area contributed by atoms with Crippen LogP contribution < -0.4 is 4.74 Å². The van der Waals surface area contributed by atoms with Crippen molar-refractivity contribution in [2.24, 2.45) is 0 Å². The Labute approximate surface area is 124 Å².